The number of fused-ring (bicyclic) bond motifs is 3. The number of hydrogen-bond donors (Lipinski definition) is 0. The van der Waals surface area contributed by atoms with Crippen molar-refractivity contribution in [2.45, 2.75) is 27.6 Å². The number of aromatic nitrogens is 2. The summed E-state index contributed by atoms with van der Waals surface area (Å²) < 4.78 is 8.34. The lowest BCUT2D eigenvalue weighted by Gasteiger charge is -2.22. The van der Waals surface area contributed by atoms with E-state index in [0.717, 1.165) is 28.3 Å². The highest BCUT2D eigenvalue weighted by Gasteiger charge is 2.37. The molecule has 0 saturated heterocycles. The van der Waals surface area contributed by atoms with Gasteiger partial charge in [0, 0.05) is 11.8 Å². The van der Waals surface area contributed by atoms with Crippen molar-refractivity contribution in [2.24, 2.45) is 7.05 Å². The van der Waals surface area contributed by atoms with E-state index in [2.05, 4.69) is 72.5 Å². The number of hydrogen-bond acceptors (Lipinski definition) is 3. The summed E-state index contributed by atoms with van der Waals surface area (Å²) >= 11 is 0. The first-order chi connectivity index (χ1) is 11.5. The zero-order valence-electron chi connectivity index (χ0n) is 14.8. The number of furan rings is 1. The van der Waals surface area contributed by atoms with E-state index in [9.17, 15) is 0 Å². The van der Waals surface area contributed by atoms with E-state index in [-0.39, 0.29) is 6.85 Å². The summed E-state index contributed by atoms with van der Waals surface area (Å²) in [6.07, 6.45) is 4.32. The Kier molecular flexibility index (Phi) is 3.27. The molecule has 0 amide bonds. The van der Waals surface area contributed by atoms with Gasteiger partial charge in [-0.25, -0.2) is 9.55 Å². The van der Waals surface area contributed by atoms with Gasteiger partial charge in [0.25, 0.3) is 11.7 Å². The molecule has 4 rings (SSSR count). The molecule has 4 heterocycles. The topological polar surface area (TPSA) is 33.2 Å². The Morgan fingerprint density at radius 3 is 2.75 bits per heavy atom. The fourth-order valence-corrected chi connectivity index (χ4v) is 3.34. The predicted molar refractivity (Wildman–Crippen MR) is 98.6 cm³/mol. The number of anilines is 2. The zero-order valence-corrected chi connectivity index (χ0v) is 14.8. The lowest BCUT2D eigenvalue weighted by molar-refractivity contribution is -0.658. The van der Waals surface area contributed by atoms with Crippen LogP contribution in [0.5, 0.6) is 0 Å². The van der Waals surface area contributed by atoms with Gasteiger partial charge in [-0.15, -0.1) is 0 Å². The lowest BCUT2D eigenvalue weighted by Crippen LogP contribution is -2.43. The predicted octanol–water partition coefficient (Wildman–Crippen LogP) is 3.90. The average Bonchev–Trinajstić information content (AvgIpc) is 2.88. The second-order valence-electron chi connectivity index (χ2n) is 6.70. The monoisotopic (exact) mass is 318 g/mol. The molecule has 0 aromatic carbocycles. The molecule has 1 aliphatic rings. The number of rotatable bonds is 1. The second kappa shape index (κ2) is 5.23. The van der Waals surface area contributed by atoms with Crippen LogP contribution in [-0.4, -0.2) is 11.8 Å². The average molecular weight is 318 g/mol. The van der Waals surface area contributed by atoms with Gasteiger partial charge in [-0.3, -0.25) is 4.81 Å². The first-order valence-electron chi connectivity index (χ1n) is 8.30. The Hall–Kier alpha value is -2.56. The molecule has 1 aliphatic heterocycles. The summed E-state index contributed by atoms with van der Waals surface area (Å²) in [7, 11) is 2.08. The van der Waals surface area contributed by atoms with E-state index in [1.807, 2.05) is 13.0 Å². The summed E-state index contributed by atoms with van der Waals surface area (Å²) in [5, 5.41) is 1.07. The molecule has 0 atom stereocenters. The van der Waals surface area contributed by atoms with Crippen LogP contribution in [0.4, 0.5) is 11.7 Å². The maximum absolute atomic E-state index is 6.18. The molecule has 0 unspecified atom stereocenters. The SMILES string of the molecule is CB1C=Cc2c(oc3nc(C)ccc23)N1c1cc(C)c(C)c[n+]1C. The van der Waals surface area contributed by atoms with E-state index >= 15 is 0 Å². The molecule has 0 aliphatic carbocycles. The molecule has 0 saturated carbocycles. The number of nitrogens with zero attached hydrogens (tertiary/aromatic N) is 3. The standard InChI is InChI=1S/C19H21BN3O/c1-12-10-17(22(5)11-13(12)2)23-19-16(8-9-20(23)4)15-7-6-14(3)21-18(15)24-19/h6-11H,1-5H3/q+1. The van der Waals surface area contributed by atoms with Gasteiger partial charge >= 0.3 is 6.85 Å². The van der Waals surface area contributed by atoms with Crippen molar-refractivity contribution >= 4 is 35.7 Å². The van der Waals surface area contributed by atoms with Crippen molar-refractivity contribution in [3.05, 3.63) is 52.8 Å². The fraction of sp³-hybridized carbons (Fsp3) is 0.263. The van der Waals surface area contributed by atoms with Gasteiger partial charge in [0.15, 0.2) is 0 Å². The largest absolute Gasteiger partial charge is 0.405 e. The molecule has 0 spiro atoms. The van der Waals surface area contributed by atoms with Crippen molar-refractivity contribution in [1.29, 1.82) is 0 Å². The number of pyridine rings is 2. The smallest absolute Gasteiger partial charge is 0.404 e. The minimum absolute atomic E-state index is 0.215. The second-order valence-corrected chi connectivity index (χ2v) is 6.70. The molecule has 4 nitrogen and oxygen atoms in total. The molecule has 0 fully saturated rings. The van der Waals surface area contributed by atoms with E-state index in [1.165, 1.54) is 11.1 Å². The minimum Gasteiger partial charge on any atom is -0.404 e. The zero-order chi connectivity index (χ0) is 17.0. The van der Waals surface area contributed by atoms with Crippen molar-refractivity contribution in [1.82, 2.24) is 4.98 Å². The van der Waals surface area contributed by atoms with Crippen molar-refractivity contribution < 1.29 is 8.98 Å². The first kappa shape index (κ1) is 15.0. The van der Waals surface area contributed by atoms with Crippen LogP contribution in [0.1, 0.15) is 22.4 Å². The maximum atomic E-state index is 6.18. The molecule has 3 aromatic heterocycles. The third kappa shape index (κ3) is 2.15. The third-order valence-corrected chi connectivity index (χ3v) is 4.84. The normalized spacial score (nSPS) is 13.7. The Balaban J connectivity index is 1.97. The molecule has 0 bridgehead atoms. The van der Waals surface area contributed by atoms with E-state index in [4.69, 9.17) is 4.42 Å². The molecule has 3 aromatic rings. The Bertz CT molecular complexity index is 990. The Morgan fingerprint density at radius 1 is 1.17 bits per heavy atom. The van der Waals surface area contributed by atoms with E-state index < -0.39 is 0 Å². The summed E-state index contributed by atoms with van der Waals surface area (Å²) in [6, 6.07) is 6.35. The highest BCUT2D eigenvalue weighted by atomic mass is 16.4. The van der Waals surface area contributed by atoms with Gasteiger partial charge in [0.05, 0.1) is 24.2 Å². The van der Waals surface area contributed by atoms with E-state index in [1.54, 1.807) is 0 Å². The Labute approximate surface area is 142 Å². The minimum atomic E-state index is 0.215. The van der Waals surface area contributed by atoms with Crippen LogP contribution in [-0.2, 0) is 7.05 Å². The van der Waals surface area contributed by atoms with Crippen LogP contribution in [0.15, 0.2) is 34.8 Å². The molecular formula is C19H21BN3O+. The highest BCUT2D eigenvalue weighted by Crippen LogP contribution is 2.39. The number of aryl methyl sites for hydroxylation is 4. The highest BCUT2D eigenvalue weighted by molar-refractivity contribution is 6.69. The maximum Gasteiger partial charge on any atom is 0.405 e. The van der Waals surface area contributed by atoms with Gasteiger partial charge in [0.2, 0.25) is 5.71 Å². The van der Waals surface area contributed by atoms with Crippen LogP contribution in [0.3, 0.4) is 0 Å². The van der Waals surface area contributed by atoms with Crippen LogP contribution < -0.4 is 9.38 Å². The van der Waals surface area contributed by atoms with Crippen molar-refractivity contribution in [2.75, 3.05) is 4.81 Å². The molecule has 0 N–H and O–H groups in total. The summed E-state index contributed by atoms with van der Waals surface area (Å²) in [6.45, 7) is 8.67. The van der Waals surface area contributed by atoms with Crippen LogP contribution in [0.2, 0.25) is 6.82 Å². The lowest BCUT2D eigenvalue weighted by atomic mass is 9.61. The fourth-order valence-electron chi connectivity index (χ4n) is 3.34. The van der Waals surface area contributed by atoms with Crippen LogP contribution >= 0.6 is 0 Å². The van der Waals surface area contributed by atoms with Gasteiger partial charge in [-0.1, -0.05) is 12.1 Å². The summed E-state index contributed by atoms with van der Waals surface area (Å²) in [5.41, 5.74) is 5.33. The van der Waals surface area contributed by atoms with Crippen LogP contribution in [0.25, 0.3) is 17.2 Å². The molecular weight excluding hydrogens is 297 g/mol. The van der Waals surface area contributed by atoms with Crippen LogP contribution in [0, 0.1) is 20.8 Å². The quantitative estimate of drug-likeness (QED) is 0.504. The van der Waals surface area contributed by atoms with Gasteiger partial charge < -0.3 is 4.42 Å². The molecule has 120 valence electrons. The first-order valence-corrected chi connectivity index (χ1v) is 8.30. The van der Waals surface area contributed by atoms with Gasteiger partial charge in [0.1, 0.15) is 0 Å². The molecule has 24 heavy (non-hydrogen) atoms. The van der Waals surface area contributed by atoms with Gasteiger partial charge in [-0.2, -0.15) is 0 Å². The van der Waals surface area contributed by atoms with Crippen molar-refractivity contribution in [3.63, 3.8) is 0 Å². The molecule has 0 radical (unpaired) electrons. The summed E-state index contributed by atoms with van der Waals surface area (Å²) in [4.78, 5) is 6.80. The summed E-state index contributed by atoms with van der Waals surface area (Å²) in [5.74, 6) is 4.20. The Morgan fingerprint density at radius 2 is 1.96 bits per heavy atom. The van der Waals surface area contributed by atoms with E-state index in [0.29, 0.717) is 5.71 Å². The van der Waals surface area contributed by atoms with Crippen molar-refractivity contribution in [3.8, 4) is 0 Å². The van der Waals surface area contributed by atoms with Gasteiger partial charge in [-0.05, 0) is 50.9 Å². The molecule has 5 heteroatoms. The third-order valence-electron chi connectivity index (χ3n) is 4.84.